The molecule has 0 aromatic heterocycles. The van der Waals surface area contributed by atoms with Crippen molar-refractivity contribution >= 4 is 23.4 Å². The van der Waals surface area contributed by atoms with E-state index in [1.807, 2.05) is 12.1 Å². The van der Waals surface area contributed by atoms with Crippen molar-refractivity contribution in [3.8, 4) is 0 Å². The minimum absolute atomic E-state index is 0.380. The number of nitrogens with one attached hydrogen (secondary N) is 1. The van der Waals surface area contributed by atoms with Crippen LogP contribution in [-0.4, -0.2) is 17.5 Å². The van der Waals surface area contributed by atoms with E-state index >= 15 is 0 Å². The molecule has 0 saturated carbocycles. The first-order chi connectivity index (χ1) is 8.49. The summed E-state index contributed by atoms with van der Waals surface area (Å²) in [5.41, 5.74) is 1.71. The Hall–Kier alpha value is -0.180. The maximum atomic E-state index is 5.93. The summed E-state index contributed by atoms with van der Waals surface area (Å²) in [4.78, 5) is 0. The molecule has 3 heteroatoms. The molecular formula is C15H22ClNS. The molecule has 2 unspecified atom stereocenters. The van der Waals surface area contributed by atoms with Crippen molar-refractivity contribution in [2.75, 3.05) is 11.5 Å². The molecule has 1 N–H and O–H groups in total. The maximum Gasteiger partial charge on any atom is 0.0406 e. The van der Waals surface area contributed by atoms with Gasteiger partial charge in [-0.3, -0.25) is 0 Å². The monoisotopic (exact) mass is 283 g/mol. The van der Waals surface area contributed by atoms with E-state index in [1.165, 1.54) is 23.5 Å². The average molecular weight is 284 g/mol. The quantitative estimate of drug-likeness (QED) is 0.875. The van der Waals surface area contributed by atoms with Crippen molar-refractivity contribution in [2.24, 2.45) is 5.41 Å². The smallest absolute Gasteiger partial charge is 0.0406 e. The predicted molar refractivity (Wildman–Crippen MR) is 82.5 cm³/mol. The zero-order chi connectivity index (χ0) is 13.2. The topological polar surface area (TPSA) is 12.0 Å². The first-order valence-electron chi connectivity index (χ1n) is 6.58. The van der Waals surface area contributed by atoms with Gasteiger partial charge in [-0.15, -0.1) is 0 Å². The second-order valence-electron chi connectivity index (χ2n) is 5.81. The van der Waals surface area contributed by atoms with Crippen molar-refractivity contribution in [2.45, 2.75) is 39.3 Å². The lowest BCUT2D eigenvalue weighted by molar-refractivity contribution is 0.232. The van der Waals surface area contributed by atoms with Crippen LogP contribution >= 0.6 is 23.4 Å². The van der Waals surface area contributed by atoms with Crippen LogP contribution in [0, 0.1) is 5.41 Å². The van der Waals surface area contributed by atoms with E-state index in [0.717, 1.165) is 5.02 Å². The van der Waals surface area contributed by atoms with Gasteiger partial charge in [-0.25, -0.2) is 0 Å². The SMILES string of the molecule is CC(NC1CSCCC1(C)C)c1ccc(Cl)cc1. The Kier molecular flexibility index (Phi) is 4.63. The van der Waals surface area contributed by atoms with E-state index in [9.17, 15) is 0 Å². The molecule has 1 aliphatic heterocycles. The van der Waals surface area contributed by atoms with Gasteiger partial charge in [0.2, 0.25) is 0 Å². The van der Waals surface area contributed by atoms with Crippen LogP contribution in [0.5, 0.6) is 0 Å². The third kappa shape index (κ3) is 3.43. The highest BCUT2D eigenvalue weighted by atomic mass is 35.5. The minimum Gasteiger partial charge on any atom is -0.306 e. The molecule has 0 radical (unpaired) electrons. The van der Waals surface area contributed by atoms with Crippen molar-refractivity contribution in [1.29, 1.82) is 0 Å². The van der Waals surface area contributed by atoms with Gasteiger partial charge in [-0.05, 0) is 42.2 Å². The molecule has 1 aromatic carbocycles. The third-order valence-electron chi connectivity index (χ3n) is 3.94. The van der Waals surface area contributed by atoms with Gasteiger partial charge in [0.05, 0.1) is 0 Å². The number of halogens is 1. The lowest BCUT2D eigenvalue weighted by Gasteiger charge is -2.40. The van der Waals surface area contributed by atoms with Crippen LogP contribution in [-0.2, 0) is 0 Å². The zero-order valence-corrected chi connectivity index (χ0v) is 12.9. The molecule has 0 spiro atoms. The number of rotatable bonds is 3. The molecule has 18 heavy (non-hydrogen) atoms. The Morgan fingerprint density at radius 1 is 1.33 bits per heavy atom. The first-order valence-corrected chi connectivity index (χ1v) is 8.11. The highest BCUT2D eigenvalue weighted by molar-refractivity contribution is 7.99. The molecule has 1 heterocycles. The van der Waals surface area contributed by atoms with Gasteiger partial charge in [-0.2, -0.15) is 11.8 Å². The fourth-order valence-electron chi connectivity index (χ4n) is 2.36. The highest BCUT2D eigenvalue weighted by Crippen LogP contribution is 2.35. The Morgan fingerprint density at radius 2 is 2.00 bits per heavy atom. The molecule has 2 atom stereocenters. The molecule has 1 aromatic rings. The van der Waals surface area contributed by atoms with E-state index in [0.29, 0.717) is 17.5 Å². The van der Waals surface area contributed by atoms with Gasteiger partial charge >= 0.3 is 0 Å². The molecule has 1 fully saturated rings. The number of hydrogen-bond donors (Lipinski definition) is 1. The fraction of sp³-hybridized carbons (Fsp3) is 0.600. The number of hydrogen-bond acceptors (Lipinski definition) is 2. The van der Waals surface area contributed by atoms with E-state index in [-0.39, 0.29) is 0 Å². The fourth-order valence-corrected chi connectivity index (χ4v) is 4.11. The third-order valence-corrected chi connectivity index (χ3v) is 5.25. The van der Waals surface area contributed by atoms with E-state index in [2.05, 4.69) is 50.0 Å². The van der Waals surface area contributed by atoms with Gasteiger partial charge in [0.25, 0.3) is 0 Å². The zero-order valence-electron chi connectivity index (χ0n) is 11.4. The highest BCUT2D eigenvalue weighted by Gasteiger charge is 2.33. The lowest BCUT2D eigenvalue weighted by atomic mass is 9.81. The largest absolute Gasteiger partial charge is 0.306 e. The van der Waals surface area contributed by atoms with Crippen LogP contribution in [0.15, 0.2) is 24.3 Å². The summed E-state index contributed by atoms with van der Waals surface area (Å²) in [6.07, 6.45) is 1.29. The van der Waals surface area contributed by atoms with Gasteiger partial charge in [-0.1, -0.05) is 37.6 Å². The Bertz CT molecular complexity index is 388. The second kappa shape index (κ2) is 5.85. The van der Waals surface area contributed by atoms with Crippen LogP contribution < -0.4 is 5.32 Å². The van der Waals surface area contributed by atoms with Gasteiger partial charge < -0.3 is 5.32 Å². The second-order valence-corrected chi connectivity index (χ2v) is 7.39. The van der Waals surface area contributed by atoms with Crippen molar-refractivity contribution < 1.29 is 0 Å². The van der Waals surface area contributed by atoms with Gasteiger partial charge in [0.1, 0.15) is 0 Å². The molecule has 2 rings (SSSR count). The summed E-state index contributed by atoms with van der Waals surface area (Å²) in [5, 5.41) is 4.59. The molecule has 0 aliphatic carbocycles. The summed E-state index contributed by atoms with van der Waals surface area (Å²) >= 11 is 7.99. The molecule has 1 saturated heterocycles. The van der Waals surface area contributed by atoms with E-state index in [1.54, 1.807) is 0 Å². The molecule has 1 nitrogen and oxygen atoms in total. The van der Waals surface area contributed by atoms with E-state index in [4.69, 9.17) is 11.6 Å². The molecule has 0 amide bonds. The van der Waals surface area contributed by atoms with Crippen molar-refractivity contribution in [1.82, 2.24) is 5.32 Å². The van der Waals surface area contributed by atoms with Gasteiger partial charge in [0.15, 0.2) is 0 Å². The van der Waals surface area contributed by atoms with Crippen LogP contribution in [0.2, 0.25) is 5.02 Å². The molecule has 100 valence electrons. The summed E-state index contributed by atoms with van der Waals surface area (Å²) < 4.78 is 0. The average Bonchev–Trinajstić information content (AvgIpc) is 2.32. The summed E-state index contributed by atoms with van der Waals surface area (Å²) in [6.45, 7) is 6.98. The number of benzene rings is 1. The Labute approximate surface area is 120 Å². The number of thioether (sulfide) groups is 1. The van der Waals surface area contributed by atoms with Crippen LogP contribution in [0.3, 0.4) is 0 Å². The molecule has 1 aliphatic rings. The maximum absolute atomic E-state index is 5.93. The summed E-state index contributed by atoms with van der Waals surface area (Å²) in [5.74, 6) is 2.51. The minimum atomic E-state index is 0.380. The van der Waals surface area contributed by atoms with E-state index < -0.39 is 0 Å². The van der Waals surface area contributed by atoms with Crippen molar-refractivity contribution in [3.63, 3.8) is 0 Å². The molecular weight excluding hydrogens is 262 g/mol. The van der Waals surface area contributed by atoms with Gasteiger partial charge in [0, 0.05) is 22.9 Å². The normalized spacial score (nSPS) is 24.8. The standard InChI is InChI=1S/C15H22ClNS/c1-11(12-4-6-13(16)7-5-12)17-14-10-18-9-8-15(14,2)3/h4-7,11,14,17H,8-10H2,1-3H3. The predicted octanol–water partition coefficient (Wildman–Crippen LogP) is 4.52. The summed E-state index contributed by atoms with van der Waals surface area (Å²) in [6, 6.07) is 9.13. The van der Waals surface area contributed by atoms with Crippen LogP contribution in [0.25, 0.3) is 0 Å². The van der Waals surface area contributed by atoms with Crippen molar-refractivity contribution in [3.05, 3.63) is 34.9 Å². The first kappa shape index (κ1) is 14.2. The van der Waals surface area contributed by atoms with Crippen LogP contribution in [0.4, 0.5) is 0 Å². The Balaban J connectivity index is 2.02. The summed E-state index contributed by atoms with van der Waals surface area (Å²) in [7, 11) is 0. The van der Waals surface area contributed by atoms with Crippen LogP contribution in [0.1, 0.15) is 38.8 Å². The molecule has 0 bridgehead atoms. The Morgan fingerprint density at radius 3 is 2.61 bits per heavy atom. The lowest BCUT2D eigenvalue weighted by Crippen LogP contribution is -2.47.